The van der Waals surface area contributed by atoms with Crippen LogP contribution in [0.4, 0.5) is 17.1 Å². The fourth-order valence-corrected chi connectivity index (χ4v) is 9.56. The number of hydrogen-bond donors (Lipinski definition) is 1. The quantitative estimate of drug-likeness (QED) is 0.188. The molecule has 0 unspecified atom stereocenters. The minimum atomic E-state index is -0.116. The van der Waals surface area contributed by atoms with E-state index in [1.807, 2.05) is 42.5 Å². The molecule has 0 amide bonds. The fourth-order valence-electron chi connectivity index (χ4n) is 8.37. The molecule has 1 heterocycles. The minimum absolute atomic E-state index is 0.0860. The van der Waals surface area contributed by atoms with Crippen LogP contribution in [-0.4, -0.2) is 11.5 Å². The average molecular weight is 661 g/mol. The van der Waals surface area contributed by atoms with E-state index in [2.05, 4.69) is 117 Å². The van der Waals surface area contributed by atoms with E-state index >= 15 is 0 Å². The largest absolute Gasteiger partial charge is 0.308 e. The van der Waals surface area contributed by atoms with Crippen LogP contribution >= 0.6 is 11.8 Å². The van der Waals surface area contributed by atoms with E-state index in [9.17, 15) is 4.79 Å². The third kappa shape index (κ3) is 4.06. The summed E-state index contributed by atoms with van der Waals surface area (Å²) in [5.41, 5.74) is 12.8. The highest BCUT2D eigenvalue weighted by molar-refractivity contribution is 7.99. The summed E-state index contributed by atoms with van der Waals surface area (Å²) >= 11 is 1.79. The molecule has 0 saturated carbocycles. The second-order valence-corrected chi connectivity index (χ2v) is 15.2. The molecule has 0 atom stereocenters. The first-order valence-corrected chi connectivity index (χ1v) is 17.9. The first kappa shape index (κ1) is 29.2. The van der Waals surface area contributed by atoms with Gasteiger partial charge in [-0.2, -0.15) is 0 Å². The number of nitrogens with zero attached hydrogens (tertiary/aromatic N) is 1. The van der Waals surface area contributed by atoms with Crippen molar-refractivity contribution in [3.8, 4) is 11.1 Å². The fraction of sp³-hybridized carbons (Fsp3) is 0.0870. The van der Waals surface area contributed by atoms with Crippen LogP contribution in [0, 0.1) is 12.3 Å². The Morgan fingerprint density at radius 3 is 2.18 bits per heavy atom. The number of ketones is 1. The monoisotopic (exact) mass is 660 g/mol. The number of hydrogen-bond acceptors (Lipinski definition) is 4. The molecule has 7 aromatic carbocycles. The molecule has 0 spiro atoms. The lowest BCUT2D eigenvalue weighted by atomic mass is 9.82. The maximum atomic E-state index is 13.7. The normalized spacial score (nSPS) is 16.1. The molecule has 1 N–H and O–H groups in total. The predicted octanol–water partition coefficient (Wildman–Crippen LogP) is 12.2. The zero-order chi connectivity index (χ0) is 33.9. The van der Waals surface area contributed by atoms with Gasteiger partial charge in [-0.15, -0.1) is 0 Å². The van der Waals surface area contributed by atoms with Crippen molar-refractivity contribution >= 4 is 67.9 Å². The van der Waals surface area contributed by atoms with Crippen LogP contribution < -0.4 is 4.90 Å². The Morgan fingerprint density at radius 2 is 1.36 bits per heavy atom. The Balaban J connectivity index is 1.13. The Labute approximate surface area is 295 Å². The number of fused-ring (bicyclic) bond motifs is 8. The Kier molecular flexibility index (Phi) is 6.08. The number of allylic oxidation sites excluding steroid dienone is 1. The maximum absolute atomic E-state index is 13.7. The van der Waals surface area contributed by atoms with Gasteiger partial charge in [0.2, 0.25) is 0 Å². The van der Waals surface area contributed by atoms with Crippen LogP contribution in [0.15, 0.2) is 143 Å². The third-order valence-corrected chi connectivity index (χ3v) is 12.2. The molecule has 7 aromatic rings. The number of carbonyl (C=O) groups is 1. The Bertz CT molecular complexity index is 2660. The summed E-state index contributed by atoms with van der Waals surface area (Å²) in [6.07, 6.45) is 1.90. The smallest absolute Gasteiger partial charge is 0.195 e. The SMILES string of the molecule is Cc1c2c(cc3ccccc13)N(c1ccc3c(c1)C(C)(C)c1ccccc1-3)c1ccc(/C=C3\C(=N)c4cc5ccccc5cc4C3=O)cc1S2. The molecule has 3 nitrogen and oxygen atoms in total. The van der Waals surface area contributed by atoms with Crippen molar-refractivity contribution in [3.63, 3.8) is 0 Å². The van der Waals surface area contributed by atoms with Crippen molar-refractivity contribution in [1.29, 1.82) is 5.41 Å². The van der Waals surface area contributed by atoms with Crippen LogP contribution in [0.25, 0.3) is 38.7 Å². The summed E-state index contributed by atoms with van der Waals surface area (Å²) < 4.78 is 0. The van der Waals surface area contributed by atoms with Crippen molar-refractivity contribution in [2.24, 2.45) is 0 Å². The minimum Gasteiger partial charge on any atom is -0.308 e. The van der Waals surface area contributed by atoms with Gasteiger partial charge in [0.1, 0.15) is 0 Å². The summed E-state index contributed by atoms with van der Waals surface area (Å²) in [7, 11) is 0. The molecule has 2 aliphatic carbocycles. The highest BCUT2D eigenvalue weighted by Crippen LogP contribution is 2.56. The van der Waals surface area contributed by atoms with Gasteiger partial charge >= 0.3 is 0 Å². The zero-order valence-electron chi connectivity index (χ0n) is 28.0. The van der Waals surface area contributed by atoms with E-state index in [4.69, 9.17) is 5.41 Å². The number of nitrogens with one attached hydrogen (secondary N) is 1. The lowest BCUT2D eigenvalue weighted by Crippen LogP contribution is -2.18. The second-order valence-electron chi connectivity index (χ2n) is 14.1. The van der Waals surface area contributed by atoms with Crippen LogP contribution in [0.2, 0.25) is 0 Å². The van der Waals surface area contributed by atoms with Gasteiger partial charge in [-0.25, -0.2) is 0 Å². The molecule has 238 valence electrons. The van der Waals surface area contributed by atoms with Crippen LogP contribution in [-0.2, 0) is 5.41 Å². The van der Waals surface area contributed by atoms with E-state index in [0.29, 0.717) is 16.7 Å². The average Bonchev–Trinajstić information content (AvgIpc) is 3.50. The number of aryl methyl sites for hydroxylation is 1. The summed E-state index contributed by atoms with van der Waals surface area (Å²) in [6, 6.07) is 45.1. The standard InChI is InChI=1S/C46H32N2OS/c1-26-32-13-7-6-12-30(32)24-41-45(26)50-42-21-27(20-37-43(47)35-22-28-10-4-5-11-29(28)23-36(35)44(37)49)16-19-40(42)48(41)31-17-18-34-33-14-8-9-15-38(33)46(2,3)39(34)25-31/h4-25,47H,1-3H3/b37-20+,47-43?. The zero-order valence-corrected chi connectivity index (χ0v) is 28.8. The number of benzene rings is 7. The first-order chi connectivity index (χ1) is 24.3. The van der Waals surface area contributed by atoms with E-state index in [0.717, 1.165) is 32.6 Å². The molecular formula is C46H32N2OS. The lowest BCUT2D eigenvalue weighted by Gasteiger charge is -2.35. The molecule has 4 heteroatoms. The van der Waals surface area contributed by atoms with Gasteiger partial charge in [0.15, 0.2) is 5.78 Å². The molecule has 50 heavy (non-hydrogen) atoms. The summed E-state index contributed by atoms with van der Waals surface area (Å²) in [4.78, 5) is 18.5. The summed E-state index contributed by atoms with van der Waals surface area (Å²) in [6.45, 7) is 6.89. The highest BCUT2D eigenvalue weighted by Gasteiger charge is 2.37. The van der Waals surface area contributed by atoms with Crippen LogP contribution in [0.5, 0.6) is 0 Å². The van der Waals surface area contributed by atoms with E-state index in [1.54, 1.807) is 11.8 Å². The lowest BCUT2D eigenvalue weighted by molar-refractivity contribution is 0.104. The highest BCUT2D eigenvalue weighted by atomic mass is 32.2. The Hall–Kier alpha value is -5.71. The van der Waals surface area contributed by atoms with Crippen molar-refractivity contribution < 1.29 is 4.79 Å². The van der Waals surface area contributed by atoms with E-state index < -0.39 is 0 Å². The van der Waals surface area contributed by atoms with Gasteiger partial charge in [0.25, 0.3) is 0 Å². The Morgan fingerprint density at radius 1 is 0.660 bits per heavy atom. The van der Waals surface area contributed by atoms with Gasteiger partial charge in [0.05, 0.1) is 17.1 Å². The molecule has 10 rings (SSSR count). The van der Waals surface area contributed by atoms with Crippen molar-refractivity contribution in [2.45, 2.75) is 36.0 Å². The number of Topliss-reactive ketones (excluding diaryl/α,β-unsaturated/α-hetero) is 1. The number of anilines is 3. The van der Waals surface area contributed by atoms with Crippen molar-refractivity contribution in [3.05, 3.63) is 166 Å². The number of rotatable bonds is 2. The molecule has 0 radical (unpaired) electrons. The molecular weight excluding hydrogens is 629 g/mol. The summed E-state index contributed by atoms with van der Waals surface area (Å²) in [5.74, 6) is -0.0860. The van der Waals surface area contributed by atoms with Crippen LogP contribution in [0.1, 0.15) is 52.0 Å². The predicted molar refractivity (Wildman–Crippen MR) is 208 cm³/mol. The third-order valence-electron chi connectivity index (χ3n) is 11.0. The van der Waals surface area contributed by atoms with E-state index in [1.165, 1.54) is 49.2 Å². The molecule has 0 bridgehead atoms. The van der Waals surface area contributed by atoms with Gasteiger partial charge in [-0.05, 0) is 110 Å². The molecule has 1 aliphatic heterocycles. The van der Waals surface area contributed by atoms with Crippen molar-refractivity contribution in [1.82, 2.24) is 0 Å². The van der Waals surface area contributed by atoms with Gasteiger partial charge < -0.3 is 4.90 Å². The molecule has 0 fully saturated rings. The molecule has 0 aromatic heterocycles. The first-order valence-electron chi connectivity index (χ1n) is 17.1. The van der Waals surface area contributed by atoms with Gasteiger partial charge in [-0.3, -0.25) is 10.2 Å². The number of carbonyl (C=O) groups excluding carboxylic acids is 1. The topological polar surface area (TPSA) is 44.2 Å². The second kappa shape index (κ2) is 10.4. The maximum Gasteiger partial charge on any atom is 0.195 e. The molecule has 0 saturated heterocycles. The summed E-state index contributed by atoms with van der Waals surface area (Å²) in [5, 5.41) is 13.5. The van der Waals surface area contributed by atoms with Gasteiger partial charge in [-0.1, -0.05) is 111 Å². The van der Waals surface area contributed by atoms with E-state index in [-0.39, 0.29) is 16.9 Å². The van der Waals surface area contributed by atoms with Crippen LogP contribution in [0.3, 0.4) is 0 Å². The van der Waals surface area contributed by atoms with Crippen molar-refractivity contribution in [2.75, 3.05) is 4.90 Å². The van der Waals surface area contributed by atoms with Gasteiger partial charge in [0, 0.05) is 37.6 Å². The molecule has 3 aliphatic rings.